The predicted octanol–water partition coefficient (Wildman–Crippen LogP) is 4.39. The van der Waals surface area contributed by atoms with Crippen LogP contribution in [0.25, 0.3) is 0 Å². The zero-order chi connectivity index (χ0) is 13.8. The van der Waals surface area contributed by atoms with Crippen molar-refractivity contribution >= 4 is 27.6 Å². The van der Waals surface area contributed by atoms with E-state index < -0.39 is 0 Å². The zero-order valence-corrected chi connectivity index (χ0v) is 13.1. The fourth-order valence-electron chi connectivity index (χ4n) is 1.43. The van der Waals surface area contributed by atoms with Gasteiger partial charge >= 0.3 is 0 Å². The minimum absolute atomic E-state index is 0.295. The lowest BCUT2D eigenvalue weighted by Crippen LogP contribution is -2.01. The van der Waals surface area contributed by atoms with Gasteiger partial charge in [-0.2, -0.15) is 0 Å². The summed E-state index contributed by atoms with van der Waals surface area (Å²) in [6, 6.07) is 21.2. The molecule has 0 fully saturated rings. The first-order chi connectivity index (χ1) is 9.36. The average molecular weight is 290 g/mol. The molecule has 3 heteroatoms. The Morgan fingerprint density at radius 3 is 1.68 bits per heavy atom. The summed E-state index contributed by atoms with van der Waals surface area (Å²) in [4.78, 5) is 0. The Balaban J connectivity index is 0.000000258. The molecular formula is C16H20OP2. The molecule has 2 aromatic carbocycles. The quantitative estimate of drug-likeness (QED) is 0.589. The molecule has 0 saturated heterocycles. The number of rotatable bonds is 5. The Bertz CT molecular complexity index is 405. The van der Waals surface area contributed by atoms with Gasteiger partial charge < -0.3 is 0 Å². The lowest BCUT2D eigenvalue weighted by molar-refractivity contribution is 0.597. The van der Waals surface area contributed by atoms with Crippen molar-refractivity contribution < 1.29 is 4.57 Å². The number of benzene rings is 2. The maximum Gasteiger partial charge on any atom is 0.155 e. The molecule has 2 aromatic rings. The highest BCUT2D eigenvalue weighted by Crippen LogP contribution is 2.08. The fourth-order valence-corrected chi connectivity index (χ4v) is 2.93. The van der Waals surface area contributed by atoms with Crippen molar-refractivity contribution in [1.29, 1.82) is 0 Å². The van der Waals surface area contributed by atoms with Gasteiger partial charge in [-0.05, 0) is 17.0 Å². The number of hydrogen-bond donors (Lipinski definition) is 0. The van der Waals surface area contributed by atoms with Crippen LogP contribution in [0.15, 0.2) is 60.7 Å². The highest BCUT2D eigenvalue weighted by molar-refractivity contribution is 7.55. The predicted molar refractivity (Wildman–Crippen MR) is 87.8 cm³/mol. The Hall–Kier alpha value is -1.03. The van der Waals surface area contributed by atoms with E-state index in [-0.39, 0.29) is 0 Å². The van der Waals surface area contributed by atoms with Crippen molar-refractivity contribution in [2.24, 2.45) is 0 Å². The smallest absolute Gasteiger partial charge is 0.155 e. The fraction of sp³-hybridized carbons (Fsp3) is 0.250. The molecule has 19 heavy (non-hydrogen) atoms. The molecule has 0 amide bonds. The average Bonchev–Trinajstić information content (AvgIpc) is 2.48. The van der Waals surface area contributed by atoms with Gasteiger partial charge in [-0.3, -0.25) is 4.57 Å². The van der Waals surface area contributed by atoms with E-state index >= 15 is 0 Å². The molecule has 0 spiro atoms. The number of unbranched alkanes of at least 4 members (excludes halogenated alkanes) is 1. The van der Waals surface area contributed by atoms with Gasteiger partial charge in [0.1, 0.15) is 0 Å². The first kappa shape index (κ1) is 16.0. The Morgan fingerprint density at radius 2 is 1.37 bits per heavy atom. The van der Waals surface area contributed by atoms with Crippen molar-refractivity contribution in [3.05, 3.63) is 60.7 Å². The lowest BCUT2D eigenvalue weighted by atomic mass is 10.4. The van der Waals surface area contributed by atoms with E-state index in [1.54, 1.807) is 0 Å². The molecular weight excluding hydrogens is 270 g/mol. The minimum atomic E-state index is 0.295. The molecule has 0 saturated carbocycles. The Labute approximate surface area is 119 Å². The molecule has 0 bridgehead atoms. The maximum atomic E-state index is 9.66. The van der Waals surface area contributed by atoms with E-state index in [1.165, 1.54) is 10.6 Å². The van der Waals surface area contributed by atoms with Crippen LogP contribution in [0.3, 0.4) is 0 Å². The molecule has 0 N–H and O–H groups in total. The van der Waals surface area contributed by atoms with Gasteiger partial charge in [0.2, 0.25) is 0 Å². The summed E-state index contributed by atoms with van der Waals surface area (Å²) in [7, 11) is 1.07. The van der Waals surface area contributed by atoms with Crippen molar-refractivity contribution in [1.82, 2.24) is 0 Å². The second-order valence-electron chi connectivity index (χ2n) is 4.06. The van der Waals surface area contributed by atoms with E-state index in [0.29, 0.717) is 8.46 Å². The van der Waals surface area contributed by atoms with Gasteiger partial charge in [0.15, 0.2) is 8.46 Å². The second-order valence-corrected chi connectivity index (χ2v) is 6.17. The second kappa shape index (κ2) is 10.9. The Morgan fingerprint density at radius 1 is 0.895 bits per heavy atom. The van der Waals surface area contributed by atoms with Crippen LogP contribution in [0, 0.1) is 0 Å². The molecule has 0 radical (unpaired) electrons. The van der Waals surface area contributed by atoms with Crippen molar-refractivity contribution in [3.8, 4) is 0 Å². The normalized spacial score (nSPS) is 9.74. The van der Waals surface area contributed by atoms with Gasteiger partial charge in [0.25, 0.3) is 0 Å². The molecule has 0 aliphatic heterocycles. The topological polar surface area (TPSA) is 17.1 Å². The van der Waals surface area contributed by atoms with E-state index in [4.69, 9.17) is 0 Å². The molecule has 0 aliphatic carbocycles. The molecule has 100 valence electrons. The van der Waals surface area contributed by atoms with Crippen LogP contribution >= 0.6 is 17.0 Å². The largest absolute Gasteiger partial charge is 0.275 e. The van der Waals surface area contributed by atoms with Crippen LogP contribution < -0.4 is 10.6 Å². The van der Waals surface area contributed by atoms with Crippen LogP contribution in [0.1, 0.15) is 19.8 Å². The zero-order valence-electron chi connectivity index (χ0n) is 11.3. The molecule has 0 aliphatic rings. The molecule has 0 aromatic heterocycles. The van der Waals surface area contributed by atoms with Gasteiger partial charge in [-0.25, -0.2) is 0 Å². The lowest BCUT2D eigenvalue weighted by Gasteiger charge is -2.00. The minimum Gasteiger partial charge on any atom is -0.275 e. The summed E-state index contributed by atoms with van der Waals surface area (Å²) in [5.41, 5.74) is 0. The highest BCUT2D eigenvalue weighted by Gasteiger charge is 1.92. The summed E-state index contributed by atoms with van der Waals surface area (Å²) >= 11 is 0. The monoisotopic (exact) mass is 290 g/mol. The standard InChI is InChI=1S/C12H11P.C4H9OP/c1-3-7-11(8-4-1)13-12-9-5-2-6-10-12;1-2-3-4-6-5/h1-10,13H;2-4H2,1H3. The first-order valence-electron chi connectivity index (χ1n) is 6.53. The molecule has 0 atom stereocenters. The number of hydrogen-bond acceptors (Lipinski definition) is 1. The van der Waals surface area contributed by atoms with E-state index in [2.05, 4.69) is 67.6 Å². The van der Waals surface area contributed by atoms with Gasteiger partial charge in [0, 0.05) is 6.16 Å². The van der Waals surface area contributed by atoms with Gasteiger partial charge in [-0.1, -0.05) is 82.6 Å². The summed E-state index contributed by atoms with van der Waals surface area (Å²) in [6.07, 6.45) is 3.07. The van der Waals surface area contributed by atoms with Crippen molar-refractivity contribution in [2.75, 3.05) is 6.16 Å². The summed E-state index contributed by atoms with van der Waals surface area (Å²) in [5, 5.41) is 2.79. The van der Waals surface area contributed by atoms with Crippen LogP contribution in [0.5, 0.6) is 0 Å². The van der Waals surface area contributed by atoms with Crippen LogP contribution in [-0.4, -0.2) is 6.16 Å². The maximum absolute atomic E-state index is 9.66. The van der Waals surface area contributed by atoms with Gasteiger partial charge in [-0.15, -0.1) is 0 Å². The summed E-state index contributed by atoms with van der Waals surface area (Å²) < 4.78 is 9.66. The summed E-state index contributed by atoms with van der Waals surface area (Å²) in [5.74, 6) is 0. The third-order valence-electron chi connectivity index (χ3n) is 2.44. The molecule has 2 rings (SSSR count). The highest BCUT2D eigenvalue weighted by atomic mass is 31.1. The molecule has 0 heterocycles. The third-order valence-corrected chi connectivity index (χ3v) is 4.18. The molecule has 0 unspecified atom stereocenters. The first-order valence-corrected chi connectivity index (χ1v) is 8.52. The molecule has 1 nitrogen and oxygen atoms in total. The van der Waals surface area contributed by atoms with Crippen LogP contribution in [0.4, 0.5) is 0 Å². The Kier molecular flexibility index (Phi) is 9.15. The van der Waals surface area contributed by atoms with E-state index in [0.717, 1.165) is 27.6 Å². The van der Waals surface area contributed by atoms with E-state index in [9.17, 15) is 4.57 Å². The van der Waals surface area contributed by atoms with Gasteiger partial charge in [0.05, 0.1) is 0 Å². The van der Waals surface area contributed by atoms with Crippen molar-refractivity contribution in [3.63, 3.8) is 0 Å². The SMILES string of the molecule is CCCCP=O.c1ccc(Pc2ccccc2)cc1. The van der Waals surface area contributed by atoms with Crippen LogP contribution in [-0.2, 0) is 4.57 Å². The van der Waals surface area contributed by atoms with Crippen molar-refractivity contribution in [2.45, 2.75) is 19.8 Å². The third kappa shape index (κ3) is 7.88. The summed E-state index contributed by atoms with van der Waals surface area (Å²) in [6.45, 7) is 2.09. The van der Waals surface area contributed by atoms with Crippen LogP contribution in [0.2, 0.25) is 0 Å². The van der Waals surface area contributed by atoms with E-state index in [1.807, 2.05) is 0 Å².